The normalized spacial score (nSPS) is 12.3. The number of aromatic nitrogens is 1. The molecule has 8 heteroatoms. The minimum absolute atomic E-state index is 0.0553. The van der Waals surface area contributed by atoms with Crippen LogP contribution >= 0.6 is 0 Å². The Kier molecular flexibility index (Phi) is 4.57. The Hall–Kier alpha value is -2.71. The van der Waals surface area contributed by atoms with Crippen molar-refractivity contribution in [2.75, 3.05) is 0 Å². The highest BCUT2D eigenvalue weighted by Crippen LogP contribution is 2.32. The molecule has 0 saturated heterocycles. The van der Waals surface area contributed by atoms with Crippen LogP contribution in [0.15, 0.2) is 53.6 Å². The van der Waals surface area contributed by atoms with E-state index in [0.717, 1.165) is 0 Å². The number of carbonyl (C=O) groups is 1. The van der Waals surface area contributed by atoms with E-state index in [9.17, 15) is 17.6 Å². The Morgan fingerprint density at radius 1 is 1.15 bits per heavy atom. The van der Waals surface area contributed by atoms with Crippen molar-refractivity contribution in [1.29, 1.82) is 0 Å². The summed E-state index contributed by atoms with van der Waals surface area (Å²) in [6, 6.07) is 10.1. The van der Waals surface area contributed by atoms with E-state index in [1.54, 1.807) is 32.9 Å². The summed E-state index contributed by atoms with van der Waals surface area (Å²) >= 11 is 0. The van der Waals surface area contributed by atoms with E-state index in [1.165, 1.54) is 41.1 Å². The molecule has 1 aromatic heterocycles. The molecule has 27 heavy (non-hydrogen) atoms. The molecule has 0 spiro atoms. The molecule has 2 N–H and O–H groups in total. The Bertz CT molecular complexity index is 1140. The van der Waals surface area contributed by atoms with Crippen molar-refractivity contribution in [3.63, 3.8) is 0 Å². The molecule has 3 aromatic rings. The number of carbonyl (C=O) groups excluding carboxylic acids is 1. The van der Waals surface area contributed by atoms with Crippen molar-refractivity contribution in [2.45, 2.75) is 31.3 Å². The van der Waals surface area contributed by atoms with Crippen LogP contribution in [0, 0.1) is 5.82 Å². The van der Waals surface area contributed by atoms with Crippen LogP contribution in [0.5, 0.6) is 0 Å². The fourth-order valence-electron chi connectivity index (χ4n) is 2.73. The van der Waals surface area contributed by atoms with Gasteiger partial charge >= 0.3 is 6.09 Å². The van der Waals surface area contributed by atoms with E-state index in [4.69, 9.17) is 9.88 Å². The molecule has 3 rings (SSSR count). The minimum Gasteiger partial charge on any atom is -0.443 e. The number of hydrogen-bond acceptors (Lipinski definition) is 4. The molecular weight excluding hydrogens is 371 g/mol. The Labute approximate surface area is 156 Å². The topological polar surface area (TPSA) is 91.4 Å². The van der Waals surface area contributed by atoms with Gasteiger partial charge in [0.05, 0.1) is 10.4 Å². The second-order valence-corrected chi connectivity index (χ2v) is 8.69. The fraction of sp³-hybridized carbons (Fsp3) is 0.211. The second kappa shape index (κ2) is 6.47. The number of ether oxygens (including phenoxy) is 1. The van der Waals surface area contributed by atoms with Gasteiger partial charge in [0, 0.05) is 17.1 Å². The Morgan fingerprint density at radius 2 is 1.85 bits per heavy atom. The first kappa shape index (κ1) is 19.1. The summed E-state index contributed by atoms with van der Waals surface area (Å²) in [6.07, 6.45) is 0.840. The Morgan fingerprint density at radius 3 is 2.48 bits per heavy atom. The van der Waals surface area contributed by atoms with Gasteiger partial charge in [0.1, 0.15) is 11.4 Å². The molecule has 0 bridgehead atoms. The van der Waals surface area contributed by atoms with Gasteiger partial charge in [-0.3, -0.25) is 4.57 Å². The molecule has 0 atom stereocenters. The molecule has 0 aliphatic carbocycles. The number of halogens is 1. The van der Waals surface area contributed by atoms with E-state index in [0.29, 0.717) is 22.0 Å². The zero-order valence-electron chi connectivity index (χ0n) is 15.1. The van der Waals surface area contributed by atoms with Gasteiger partial charge < -0.3 is 4.74 Å². The monoisotopic (exact) mass is 390 g/mol. The van der Waals surface area contributed by atoms with Crippen LogP contribution in [0.4, 0.5) is 9.18 Å². The first-order valence-corrected chi connectivity index (χ1v) is 9.67. The summed E-state index contributed by atoms with van der Waals surface area (Å²) in [5.74, 6) is -0.504. The maximum Gasteiger partial charge on any atom is 0.419 e. The molecule has 0 amide bonds. The molecular formula is C19H19FN2O4S. The lowest BCUT2D eigenvalue weighted by molar-refractivity contribution is 0.0544. The number of primary sulfonamides is 1. The third-order valence-electron chi connectivity index (χ3n) is 3.83. The predicted molar refractivity (Wildman–Crippen MR) is 100 cm³/mol. The van der Waals surface area contributed by atoms with Gasteiger partial charge in [-0.15, -0.1) is 0 Å². The largest absolute Gasteiger partial charge is 0.443 e. The van der Waals surface area contributed by atoms with Crippen molar-refractivity contribution in [2.24, 2.45) is 5.14 Å². The summed E-state index contributed by atoms with van der Waals surface area (Å²) in [6.45, 7) is 5.19. The second-order valence-electron chi connectivity index (χ2n) is 7.13. The Balaban J connectivity index is 2.22. The molecule has 142 valence electrons. The lowest BCUT2D eigenvalue weighted by atomic mass is 10.1. The molecule has 2 aromatic carbocycles. The van der Waals surface area contributed by atoms with Gasteiger partial charge in [0.25, 0.3) is 0 Å². The number of rotatable bonds is 2. The number of benzene rings is 2. The zero-order valence-corrected chi connectivity index (χ0v) is 15.9. The number of nitrogens with zero attached hydrogens (tertiary/aromatic N) is 1. The molecule has 0 fully saturated rings. The van der Waals surface area contributed by atoms with Crippen LogP contribution < -0.4 is 5.14 Å². The van der Waals surface area contributed by atoms with Crippen LogP contribution in [-0.2, 0) is 14.8 Å². The van der Waals surface area contributed by atoms with E-state index >= 15 is 0 Å². The van der Waals surface area contributed by atoms with Crippen molar-refractivity contribution < 1.29 is 22.3 Å². The van der Waals surface area contributed by atoms with Gasteiger partial charge in [-0.1, -0.05) is 12.1 Å². The summed E-state index contributed by atoms with van der Waals surface area (Å²) < 4.78 is 43.7. The molecule has 0 unspecified atom stereocenters. The highest BCUT2D eigenvalue weighted by Gasteiger charge is 2.22. The SMILES string of the molecule is CC(C)(C)OC(=O)n1cc(-c2cccc(S(N)(=O)=O)c2)c2ccc(F)cc21. The highest BCUT2D eigenvalue weighted by atomic mass is 32.2. The molecule has 0 aliphatic heterocycles. The molecule has 0 aliphatic rings. The third kappa shape index (κ3) is 4.01. The quantitative estimate of drug-likeness (QED) is 0.719. The summed E-state index contributed by atoms with van der Waals surface area (Å²) in [5, 5.41) is 5.78. The van der Waals surface area contributed by atoms with Crippen molar-refractivity contribution in [3.05, 3.63) is 54.5 Å². The summed E-state index contributed by atoms with van der Waals surface area (Å²) in [4.78, 5) is 12.5. The number of nitrogens with two attached hydrogens (primary N) is 1. The van der Waals surface area contributed by atoms with E-state index < -0.39 is 27.5 Å². The van der Waals surface area contributed by atoms with Gasteiger partial charge in [0.2, 0.25) is 10.0 Å². The minimum atomic E-state index is -3.89. The number of hydrogen-bond donors (Lipinski definition) is 1. The zero-order chi connectivity index (χ0) is 20.0. The van der Waals surface area contributed by atoms with Gasteiger partial charge in [-0.05, 0) is 56.7 Å². The average molecular weight is 390 g/mol. The lowest BCUT2D eigenvalue weighted by Crippen LogP contribution is -2.26. The van der Waals surface area contributed by atoms with Crippen LogP contribution in [0.2, 0.25) is 0 Å². The lowest BCUT2D eigenvalue weighted by Gasteiger charge is -2.19. The van der Waals surface area contributed by atoms with Crippen LogP contribution in [0.25, 0.3) is 22.0 Å². The van der Waals surface area contributed by atoms with Crippen LogP contribution in [0.1, 0.15) is 20.8 Å². The summed E-state index contributed by atoms with van der Waals surface area (Å²) in [7, 11) is -3.89. The van der Waals surface area contributed by atoms with Gasteiger partial charge in [-0.25, -0.2) is 22.7 Å². The van der Waals surface area contributed by atoms with Crippen molar-refractivity contribution in [1.82, 2.24) is 4.57 Å². The first-order chi connectivity index (χ1) is 12.5. The fourth-order valence-corrected chi connectivity index (χ4v) is 3.29. The molecule has 6 nitrogen and oxygen atoms in total. The highest BCUT2D eigenvalue weighted by molar-refractivity contribution is 7.89. The average Bonchev–Trinajstić information content (AvgIpc) is 2.91. The molecule has 1 heterocycles. The van der Waals surface area contributed by atoms with Crippen LogP contribution in [-0.4, -0.2) is 24.7 Å². The standard InChI is InChI=1S/C19H19FN2O4S/c1-19(2,3)26-18(23)22-11-16(15-8-7-13(20)10-17(15)22)12-5-4-6-14(9-12)27(21,24)25/h4-11H,1-3H3,(H2,21,24,25). The van der Waals surface area contributed by atoms with Crippen molar-refractivity contribution in [3.8, 4) is 11.1 Å². The maximum atomic E-state index is 13.8. The first-order valence-electron chi connectivity index (χ1n) is 8.13. The third-order valence-corrected chi connectivity index (χ3v) is 4.74. The number of sulfonamides is 1. The van der Waals surface area contributed by atoms with Gasteiger partial charge in [0.15, 0.2) is 0 Å². The van der Waals surface area contributed by atoms with Crippen molar-refractivity contribution >= 4 is 27.0 Å². The van der Waals surface area contributed by atoms with Gasteiger partial charge in [-0.2, -0.15) is 0 Å². The van der Waals surface area contributed by atoms with E-state index in [2.05, 4.69) is 0 Å². The summed E-state index contributed by atoms with van der Waals surface area (Å²) in [5.41, 5.74) is 0.677. The smallest absolute Gasteiger partial charge is 0.419 e. The molecule has 0 radical (unpaired) electrons. The molecule has 0 saturated carbocycles. The maximum absolute atomic E-state index is 13.8. The number of fused-ring (bicyclic) bond motifs is 1. The van der Waals surface area contributed by atoms with E-state index in [1.807, 2.05) is 0 Å². The van der Waals surface area contributed by atoms with Crippen LogP contribution in [0.3, 0.4) is 0 Å². The van der Waals surface area contributed by atoms with E-state index in [-0.39, 0.29) is 4.90 Å². The predicted octanol–water partition coefficient (Wildman–Crippen LogP) is 3.88.